The third-order valence-electron chi connectivity index (χ3n) is 6.99. The monoisotopic (exact) mass is 450 g/mol. The van der Waals surface area contributed by atoms with E-state index in [2.05, 4.69) is 42.8 Å². The SMILES string of the molecule is CCC(C)CCC1CCC(c2ccc(CCc3ccc(OC(F)(F)F)c(F)c3)cc2)CC1. The van der Waals surface area contributed by atoms with Gasteiger partial charge in [-0.3, -0.25) is 0 Å². The van der Waals surface area contributed by atoms with E-state index in [0.717, 1.165) is 29.5 Å². The van der Waals surface area contributed by atoms with Gasteiger partial charge in [0, 0.05) is 0 Å². The van der Waals surface area contributed by atoms with Crippen molar-refractivity contribution in [3.63, 3.8) is 0 Å². The van der Waals surface area contributed by atoms with Gasteiger partial charge >= 0.3 is 6.36 Å². The van der Waals surface area contributed by atoms with E-state index in [-0.39, 0.29) is 0 Å². The Morgan fingerprint density at radius 1 is 0.938 bits per heavy atom. The molecule has 176 valence electrons. The molecule has 0 bridgehead atoms. The molecule has 0 aromatic heterocycles. The first-order valence-electron chi connectivity index (χ1n) is 11.9. The summed E-state index contributed by atoms with van der Waals surface area (Å²) in [5.74, 6) is 0.574. The second kappa shape index (κ2) is 11.2. The molecule has 0 N–H and O–H groups in total. The number of halogens is 4. The molecule has 1 nitrogen and oxygen atoms in total. The van der Waals surface area contributed by atoms with E-state index < -0.39 is 17.9 Å². The van der Waals surface area contributed by atoms with Crippen LogP contribution in [0.2, 0.25) is 0 Å². The Kier molecular flexibility index (Phi) is 8.61. The van der Waals surface area contributed by atoms with E-state index in [1.165, 1.54) is 56.6 Å². The van der Waals surface area contributed by atoms with Crippen LogP contribution in [0.4, 0.5) is 17.6 Å². The van der Waals surface area contributed by atoms with Crippen molar-refractivity contribution in [3.05, 3.63) is 65.0 Å². The van der Waals surface area contributed by atoms with Crippen molar-refractivity contribution >= 4 is 0 Å². The summed E-state index contributed by atoms with van der Waals surface area (Å²) in [6.45, 7) is 4.62. The Balaban J connectivity index is 1.47. The maximum absolute atomic E-state index is 13.9. The summed E-state index contributed by atoms with van der Waals surface area (Å²) in [5, 5.41) is 0. The lowest BCUT2D eigenvalue weighted by Gasteiger charge is -2.29. The van der Waals surface area contributed by atoms with E-state index in [0.29, 0.717) is 24.3 Å². The molecule has 3 rings (SSSR count). The third-order valence-corrected chi connectivity index (χ3v) is 6.99. The molecule has 0 spiro atoms. The van der Waals surface area contributed by atoms with Gasteiger partial charge in [0.15, 0.2) is 11.6 Å². The smallest absolute Gasteiger partial charge is 0.403 e. The minimum Gasteiger partial charge on any atom is -0.403 e. The van der Waals surface area contributed by atoms with Crippen molar-refractivity contribution < 1.29 is 22.3 Å². The minimum atomic E-state index is -4.89. The number of aryl methyl sites for hydroxylation is 2. The molecule has 1 saturated carbocycles. The fourth-order valence-corrected chi connectivity index (χ4v) is 4.66. The van der Waals surface area contributed by atoms with Gasteiger partial charge in [-0.05, 0) is 85.1 Å². The maximum Gasteiger partial charge on any atom is 0.573 e. The van der Waals surface area contributed by atoms with E-state index >= 15 is 0 Å². The largest absolute Gasteiger partial charge is 0.573 e. The summed E-state index contributed by atoms with van der Waals surface area (Å²) < 4.78 is 54.4. The molecule has 1 aliphatic carbocycles. The molecular weight excluding hydrogens is 416 g/mol. The highest BCUT2D eigenvalue weighted by Crippen LogP contribution is 2.38. The molecular formula is C27H34F4O. The molecule has 1 atom stereocenters. The number of rotatable bonds is 9. The van der Waals surface area contributed by atoms with Gasteiger partial charge in [-0.25, -0.2) is 4.39 Å². The van der Waals surface area contributed by atoms with Gasteiger partial charge in [0.05, 0.1) is 0 Å². The number of hydrogen-bond acceptors (Lipinski definition) is 1. The van der Waals surface area contributed by atoms with Crippen molar-refractivity contribution in [2.45, 2.75) is 83.9 Å². The second-order valence-electron chi connectivity index (χ2n) is 9.36. The Hall–Kier alpha value is -2.04. The molecule has 5 heteroatoms. The highest BCUT2D eigenvalue weighted by atomic mass is 19.4. The van der Waals surface area contributed by atoms with Crippen LogP contribution in [-0.4, -0.2) is 6.36 Å². The number of alkyl halides is 3. The molecule has 1 unspecified atom stereocenters. The first-order chi connectivity index (χ1) is 15.2. The summed E-state index contributed by atoms with van der Waals surface area (Å²) in [6, 6.07) is 12.3. The molecule has 2 aromatic carbocycles. The fraction of sp³-hybridized carbons (Fsp3) is 0.556. The van der Waals surface area contributed by atoms with Crippen LogP contribution in [0.25, 0.3) is 0 Å². The van der Waals surface area contributed by atoms with Crippen molar-refractivity contribution in [2.75, 3.05) is 0 Å². The molecule has 0 heterocycles. The van der Waals surface area contributed by atoms with Crippen LogP contribution in [0.3, 0.4) is 0 Å². The molecule has 0 radical (unpaired) electrons. The fourth-order valence-electron chi connectivity index (χ4n) is 4.66. The van der Waals surface area contributed by atoms with Crippen LogP contribution in [0, 0.1) is 17.7 Å². The van der Waals surface area contributed by atoms with Gasteiger partial charge in [-0.1, -0.05) is 63.4 Å². The van der Waals surface area contributed by atoms with Crippen molar-refractivity contribution in [1.82, 2.24) is 0 Å². The Morgan fingerprint density at radius 3 is 2.16 bits per heavy atom. The highest BCUT2D eigenvalue weighted by molar-refractivity contribution is 5.31. The lowest BCUT2D eigenvalue weighted by atomic mass is 9.76. The van der Waals surface area contributed by atoms with Crippen LogP contribution in [-0.2, 0) is 12.8 Å². The standard InChI is InChI=1S/C27H34F4O/c1-3-19(2)4-5-20-8-13-23(14-9-20)24-15-10-21(11-16-24)6-7-22-12-17-26(25(28)18-22)32-27(29,30)31/h10-12,15-20,23H,3-9,13-14H2,1-2H3. The van der Waals surface area contributed by atoms with Gasteiger partial charge in [0.1, 0.15) is 0 Å². The Bertz CT molecular complexity index is 836. The average Bonchev–Trinajstić information content (AvgIpc) is 2.77. The van der Waals surface area contributed by atoms with Gasteiger partial charge in [0.2, 0.25) is 0 Å². The number of benzene rings is 2. The summed E-state index contributed by atoms with van der Waals surface area (Å²) in [4.78, 5) is 0. The number of ether oxygens (including phenoxy) is 1. The lowest BCUT2D eigenvalue weighted by Crippen LogP contribution is -2.18. The third kappa shape index (κ3) is 7.53. The van der Waals surface area contributed by atoms with Crippen molar-refractivity contribution in [1.29, 1.82) is 0 Å². The van der Waals surface area contributed by atoms with E-state index in [1.807, 2.05) is 0 Å². The van der Waals surface area contributed by atoms with Crippen molar-refractivity contribution in [2.24, 2.45) is 11.8 Å². The Labute approximate surface area is 189 Å². The van der Waals surface area contributed by atoms with Gasteiger partial charge in [-0.15, -0.1) is 13.2 Å². The van der Waals surface area contributed by atoms with Crippen LogP contribution in [0.1, 0.15) is 81.4 Å². The van der Waals surface area contributed by atoms with Crippen molar-refractivity contribution in [3.8, 4) is 5.75 Å². The first-order valence-corrected chi connectivity index (χ1v) is 11.9. The Morgan fingerprint density at radius 2 is 1.56 bits per heavy atom. The molecule has 1 aliphatic rings. The minimum absolute atomic E-state index is 0.559. The quantitative estimate of drug-likeness (QED) is 0.348. The molecule has 0 aliphatic heterocycles. The van der Waals surface area contributed by atoms with Gasteiger partial charge in [-0.2, -0.15) is 0 Å². The molecule has 32 heavy (non-hydrogen) atoms. The van der Waals surface area contributed by atoms with E-state index in [9.17, 15) is 17.6 Å². The van der Waals surface area contributed by atoms with Crippen LogP contribution in [0.5, 0.6) is 5.75 Å². The first kappa shape index (κ1) is 24.6. The lowest BCUT2D eigenvalue weighted by molar-refractivity contribution is -0.275. The van der Waals surface area contributed by atoms with Crippen LogP contribution < -0.4 is 4.74 Å². The second-order valence-corrected chi connectivity index (χ2v) is 9.36. The predicted molar refractivity (Wildman–Crippen MR) is 120 cm³/mol. The molecule has 0 amide bonds. The average molecular weight is 451 g/mol. The van der Waals surface area contributed by atoms with Crippen LogP contribution in [0.15, 0.2) is 42.5 Å². The normalized spacial score (nSPS) is 20.2. The van der Waals surface area contributed by atoms with Gasteiger partial charge in [0.25, 0.3) is 0 Å². The molecule has 0 saturated heterocycles. The van der Waals surface area contributed by atoms with Gasteiger partial charge < -0.3 is 4.74 Å². The summed E-state index contributed by atoms with van der Waals surface area (Å²) in [6.07, 6.45) is 5.53. The zero-order chi connectivity index (χ0) is 23.1. The summed E-state index contributed by atoms with van der Waals surface area (Å²) in [7, 11) is 0. The summed E-state index contributed by atoms with van der Waals surface area (Å²) >= 11 is 0. The molecule has 2 aromatic rings. The van der Waals surface area contributed by atoms with E-state index in [1.54, 1.807) is 0 Å². The van der Waals surface area contributed by atoms with E-state index in [4.69, 9.17) is 0 Å². The topological polar surface area (TPSA) is 9.23 Å². The number of hydrogen-bond donors (Lipinski definition) is 0. The highest BCUT2D eigenvalue weighted by Gasteiger charge is 2.32. The predicted octanol–water partition coefficient (Wildman–Crippen LogP) is 8.61. The molecule has 1 fully saturated rings. The zero-order valence-corrected chi connectivity index (χ0v) is 19.1. The zero-order valence-electron chi connectivity index (χ0n) is 19.1. The van der Waals surface area contributed by atoms with Crippen LogP contribution >= 0.6 is 0 Å². The maximum atomic E-state index is 13.9. The summed E-state index contributed by atoms with van der Waals surface area (Å²) in [5.41, 5.74) is 3.19.